The van der Waals surface area contributed by atoms with E-state index in [1.54, 1.807) is 0 Å². The first-order valence-electron chi connectivity index (χ1n) is 11.0. The van der Waals surface area contributed by atoms with Gasteiger partial charge in [-0.25, -0.2) is 0 Å². The van der Waals surface area contributed by atoms with Crippen molar-refractivity contribution in [1.29, 1.82) is 5.26 Å². The van der Waals surface area contributed by atoms with Gasteiger partial charge in [-0.1, -0.05) is 20.8 Å². The van der Waals surface area contributed by atoms with Gasteiger partial charge < -0.3 is 10.2 Å². The van der Waals surface area contributed by atoms with Crippen LogP contribution < -0.4 is 0 Å². The number of aliphatic hydroxyl groups excluding tert-OH is 2. The lowest BCUT2D eigenvalue weighted by molar-refractivity contribution is -0.174. The molecular formula is C23H37NO2. The molecule has 10 atom stereocenters. The summed E-state index contributed by atoms with van der Waals surface area (Å²) in [6.45, 7) is 7.22. The van der Waals surface area contributed by atoms with Crippen LogP contribution in [0.2, 0.25) is 0 Å². The van der Waals surface area contributed by atoms with E-state index in [2.05, 4.69) is 26.8 Å². The summed E-state index contributed by atoms with van der Waals surface area (Å²) < 4.78 is 0. The zero-order valence-corrected chi connectivity index (χ0v) is 16.8. The second-order valence-corrected chi connectivity index (χ2v) is 10.8. The molecule has 4 fully saturated rings. The first kappa shape index (κ1) is 18.8. The van der Waals surface area contributed by atoms with Gasteiger partial charge in [-0.3, -0.25) is 0 Å². The molecule has 3 heteroatoms. The molecule has 0 radical (unpaired) electrons. The number of aliphatic hydroxyl groups is 2. The van der Waals surface area contributed by atoms with Gasteiger partial charge >= 0.3 is 0 Å². The normalized spacial score (nSPS) is 54.5. The highest BCUT2D eigenvalue weighted by Gasteiger charge is 2.62. The van der Waals surface area contributed by atoms with Crippen LogP contribution in [0.15, 0.2) is 0 Å². The van der Waals surface area contributed by atoms with Crippen molar-refractivity contribution in [1.82, 2.24) is 0 Å². The second kappa shape index (κ2) is 6.49. The van der Waals surface area contributed by atoms with Gasteiger partial charge in [0.15, 0.2) is 0 Å². The fourth-order valence-corrected chi connectivity index (χ4v) is 8.46. The van der Waals surface area contributed by atoms with Gasteiger partial charge in [0.25, 0.3) is 0 Å². The Kier molecular flexibility index (Phi) is 4.68. The van der Waals surface area contributed by atoms with Crippen molar-refractivity contribution in [3.8, 4) is 6.07 Å². The first-order valence-corrected chi connectivity index (χ1v) is 11.0. The van der Waals surface area contributed by atoms with Crippen molar-refractivity contribution in [3.63, 3.8) is 0 Å². The Hall–Kier alpha value is -0.590. The molecule has 26 heavy (non-hydrogen) atoms. The number of nitriles is 1. The Bertz CT molecular complexity index is 585. The van der Waals surface area contributed by atoms with Gasteiger partial charge in [0, 0.05) is 6.42 Å². The third kappa shape index (κ3) is 2.59. The van der Waals surface area contributed by atoms with Gasteiger partial charge in [0.2, 0.25) is 0 Å². The fourth-order valence-electron chi connectivity index (χ4n) is 8.46. The molecule has 4 aliphatic rings. The van der Waals surface area contributed by atoms with Gasteiger partial charge in [-0.15, -0.1) is 0 Å². The van der Waals surface area contributed by atoms with Crippen LogP contribution in [-0.4, -0.2) is 22.4 Å². The summed E-state index contributed by atoms with van der Waals surface area (Å²) in [5.74, 6) is 3.27. The number of hydrogen-bond donors (Lipinski definition) is 2. The highest BCUT2D eigenvalue weighted by molar-refractivity contribution is 5.12. The van der Waals surface area contributed by atoms with Crippen LogP contribution in [0.1, 0.15) is 78.6 Å². The lowest BCUT2D eigenvalue weighted by Gasteiger charge is -2.62. The number of hydrogen-bond acceptors (Lipinski definition) is 3. The maximum Gasteiger partial charge on any atom is 0.0624 e. The molecule has 0 saturated heterocycles. The highest BCUT2D eigenvalue weighted by Crippen LogP contribution is 2.68. The van der Waals surface area contributed by atoms with Crippen molar-refractivity contribution in [2.75, 3.05) is 0 Å². The second-order valence-electron chi connectivity index (χ2n) is 10.8. The first-order chi connectivity index (χ1) is 12.3. The van der Waals surface area contributed by atoms with Crippen molar-refractivity contribution < 1.29 is 10.2 Å². The maximum atomic E-state index is 11.2. The molecule has 4 aliphatic carbocycles. The minimum absolute atomic E-state index is 0.159. The van der Waals surface area contributed by atoms with Crippen molar-refractivity contribution >= 4 is 0 Å². The van der Waals surface area contributed by atoms with E-state index in [9.17, 15) is 15.5 Å². The van der Waals surface area contributed by atoms with Crippen molar-refractivity contribution in [2.45, 2.75) is 90.8 Å². The molecule has 0 aliphatic heterocycles. The largest absolute Gasteiger partial charge is 0.393 e. The van der Waals surface area contributed by atoms with Crippen LogP contribution in [-0.2, 0) is 0 Å². The zero-order chi connectivity index (χ0) is 18.7. The Morgan fingerprint density at radius 1 is 1.00 bits per heavy atom. The fraction of sp³-hybridized carbons (Fsp3) is 0.957. The van der Waals surface area contributed by atoms with Crippen molar-refractivity contribution in [3.05, 3.63) is 0 Å². The summed E-state index contributed by atoms with van der Waals surface area (Å²) in [6.07, 6.45) is 9.12. The number of nitrogens with zero attached hydrogens (tertiary/aromatic N) is 1. The third-order valence-corrected chi connectivity index (χ3v) is 9.83. The SMILES string of the molecule is C[C@H](CC#N)[C@H]1CC[C@H]2[C@@H]3[C@@H](O)CC4C[C@H](O)CC[C@]4(C)[C@H]3CC[C@]12C. The monoisotopic (exact) mass is 359 g/mol. The van der Waals surface area contributed by atoms with E-state index >= 15 is 0 Å². The van der Waals surface area contributed by atoms with E-state index in [0.29, 0.717) is 52.8 Å². The molecule has 3 nitrogen and oxygen atoms in total. The topological polar surface area (TPSA) is 64.2 Å². The molecular weight excluding hydrogens is 322 g/mol. The van der Waals surface area contributed by atoms with Crippen LogP contribution >= 0.6 is 0 Å². The highest BCUT2D eigenvalue weighted by atomic mass is 16.3. The van der Waals surface area contributed by atoms with E-state index in [-0.39, 0.29) is 12.2 Å². The van der Waals surface area contributed by atoms with E-state index in [1.807, 2.05) is 0 Å². The maximum absolute atomic E-state index is 11.2. The van der Waals surface area contributed by atoms with E-state index in [0.717, 1.165) is 25.7 Å². The van der Waals surface area contributed by atoms with Crippen LogP contribution in [0, 0.1) is 57.7 Å². The molecule has 0 bridgehead atoms. The van der Waals surface area contributed by atoms with Gasteiger partial charge in [0.05, 0.1) is 18.3 Å². The molecule has 2 N–H and O–H groups in total. The molecule has 0 aromatic carbocycles. The molecule has 4 rings (SSSR count). The van der Waals surface area contributed by atoms with Crippen LogP contribution in [0.5, 0.6) is 0 Å². The zero-order valence-electron chi connectivity index (χ0n) is 16.8. The van der Waals surface area contributed by atoms with Gasteiger partial charge in [0.1, 0.15) is 0 Å². The van der Waals surface area contributed by atoms with Gasteiger partial charge in [-0.05, 0) is 97.7 Å². The smallest absolute Gasteiger partial charge is 0.0624 e. The molecule has 0 heterocycles. The van der Waals surface area contributed by atoms with E-state index in [4.69, 9.17) is 0 Å². The van der Waals surface area contributed by atoms with Gasteiger partial charge in [-0.2, -0.15) is 5.26 Å². The Labute approximate surface area is 159 Å². The van der Waals surface area contributed by atoms with Crippen LogP contribution in [0.25, 0.3) is 0 Å². The molecule has 1 unspecified atom stereocenters. The van der Waals surface area contributed by atoms with Crippen LogP contribution in [0.3, 0.4) is 0 Å². The minimum atomic E-state index is -0.196. The van der Waals surface area contributed by atoms with E-state index in [1.165, 1.54) is 25.7 Å². The summed E-state index contributed by atoms with van der Waals surface area (Å²) in [6, 6.07) is 2.40. The standard InChI is InChI=1S/C23H37NO2/c1-14(8-11-24)17-4-5-18-21-19(7-10-23(17,18)3)22(2)9-6-16(25)12-15(22)13-20(21)26/h14-21,25-26H,4-10,12-13H2,1-3H3/t14-,15?,16-,17-,18+,19+,20+,21+,22+,23-/m1/s1. The summed E-state index contributed by atoms with van der Waals surface area (Å²) in [7, 11) is 0. The lowest BCUT2D eigenvalue weighted by Crippen LogP contribution is -2.58. The minimum Gasteiger partial charge on any atom is -0.393 e. The quantitative estimate of drug-likeness (QED) is 0.761. The third-order valence-electron chi connectivity index (χ3n) is 9.83. The molecule has 4 saturated carbocycles. The average Bonchev–Trinajstić information content (AvgIpc) is 2.94. The molecule has 0 aromatic heterocycles. The Morgan fingerprint density at radius 2 is 1.69 bits per heavy atom. The molecule has 0 aromatic rings. The predicted molar refractivity (Wildman–Crippen MR) is 102 cm³/mol. The number of fused-ring (bicyclic) bond motifs is 5. The Morgan fingerprint density at radius 3 is 2.42 bits per heavy atom. The van der Waals surface area contributed by atoms with Crippen molar-refractivity contribution in [2.24, 2.45) is 46.3 Å². The lowest BCUT2D eigenvalue weighted by atomic mass is 9.43. The summed E-state index contributed by atoms with van der Waals surface area (Å²) in [5, 5.41) is 30.6. The summed E-state index contributed by atoms with van der Waals surface area (Å²) >= 11 is 0. The summed E-state index contributed by atoms with van der Waals surface area (Å²) in [5.41, 5.74) is 0.608. The molecule has 0 amide bonds. The molecule has 146 valence electrons. The predicted octanol–water partition coefficient (Wildman–Crippen LogP) is 4.53. The Balaban J connectivity index is 1.62. The average molecular weight is 360 g/mol. The summed E-state index contributed by atoms with van der Waals surface area (Å²) in [4.78, 5) is 0. The molecule has 0 spiro atoms. The van der Waals surface area contributed by atoms with E-state index < -0.39 is 0 Å². The van der Waals surface area contributed by atoms with Crippen LogP contribution in [0.4, 0.5) is 0 Å². The number of rotatable bonds is 2.